The molecule has 0 unspecified atom stereocenters. The van der Waals surface area contributed by atoms with Gasteiger partial charge in [-0.2, -0.15) is 13.2 Å². The number of hydrogen-bond acceptors (Lipinski definition) is 1. The Balaban J connectivity index is 2.68. The zero-order chi connectivity index (χ0) is 11.9. The van der Waals surface area contributed by atoms with Crippen molar-refractivity contribution in [3.8, 4) is 0 Å². The predicted octanol–water partition coefficient (Wildman–Crippen LogP) is 3.48. The molecule has 86 valence electrons. The molecule has 0 saturated heterocycles. The van der Waals surface area contributed by atoms with E-state index in [0.29, 0.717) is 5.69 Å². The Morgan fingerprint density at radius 1 is 1.31 bits per heavy atom. The van der Waals surface area contributed by atoms with Gasteiger partial charge in [0.15, 0.2) is 0 Å². The van der Waals surface area contributed by atoms with Crippen LogP contribution in [-0.4, -0.2) is 9.38 Å². The molecule has 2 heterocycles. The summed E-state index contributed by atoms with van der Waals surface area (Å²) in [6.45, 7) is 3.80. The first-order chi connectivity index (χ1) is 7.39. The van der Waals surface area contributed by atoms with Gasteiger partial charge in [0.1, 0.15) is 5.65 Å². The molecule has 2 aromatic heterocycles. The van der Waals surface area contributed by atoms with E-state index in [1.54, 1.807) is 12.4 Å². The normalized spacial score (nSPS) is 12.6. The third-order valence-corrected chi connectivity index (χ3v) is 2.40. The average Bonchev–Trinajstić information content (AvgIpc) is 2.58. The van der Waals surface area contributed by atoms with Gasteiger partial charge >= 0.3 is 6.18 Å². The molecular formula is C11H11F3N2. The Bertz CT molecular complexity index is 511. The first-order valence-corrected chi connectivity index (χ1v) is 4.94. The molecule has 16 heavy (non-hydrogen) atoms. The van der Waals surface area contributed by atoms with E-state index in [4.69, 9.17) is 0 Å². The van der Waals surface area contributed by atoms with Gasteiger partial charge < -0.3 is 4.40 Å². The molecule has 0 aliphatic rings. The van der Waals surface area contributed by atoms with E-state index in [1.807, 2.05) is 13.8 Å². The molecule has 5 heteroatoms. The summed E-state index contributed by atoms with van der Waals surface area (Å²) >= 11 is 0. The zero-order valence-electron chi connectivity index (χ0n) is 8.92. The summed E-state index contributed by atoms with van der Waals surface area (Å²) in [5.74, 6) is 0.112. The minimum atomic E-state index is -4.36. The molecule has 0 aliphatic heterocycles. The number of rotatable bonds is 1. The Hall–Kier alpha value is -1.52. The first kappa shape index (κ1) is 11.0. The molecular weight excluding hydrogens is 217 g/mol. The number of alkyl halides is 3. The van der Waals surface area contributed by atoms with Gasteiger partial charge in [-0.25, -0.2) is 4.98 Å². The van der Waals surface area contributed by atoms with Crippen LogP contribution >= 0.6 is 0 Å². The molecule has 0 atom stereocenters. The van der Waals surface area contributed by atoms with E-state index in [9.17, 15) is 13.2 Å². The summed E-state index contributed by atoms with van der Waals surface area (Å²) in [4.78, 5) is 4.02. The number of imidazole rings is 1. The number of pyridine rings is 1. The summed E-state index contributed by atoms with van der Waals surface area (Å²) < 4.78 is 39.4. The number of aromatic nitrogens is 2. The highest BCUT2D eigenvalue weighted by Gasteiger charge is 2.33. The average molecular weight is 228 g/mol. The Labute approximate surface area is 90.7 Å². The molecule has 0 aromatic carbocycles. The number of halogens is 3. The summed E-state index contributed by atoms with van der Waals surface area (Å²) in [5.41, 5.74) is -0.0581. The predicted molar refractivity (Wildman–Crippen MR) is 54.3 cm³/mol. The molecule has 0 fully saturated rings. The molecule has 2 nitrogen and oxygen atoms in total. The van der Waals surface area contributed by atoms with Crippen LogP contribution in [0.15, 0.2) is 24.5 Å². The van der Waals surface area contributed by atoms with Crippen LogP contribution in [0.25, 0.3) is 5.65 Å². The van der Waals surface area contributed by atoms with E-state index >= 15 is 0 Å². The minimum Gasteiger partial charge on any atom is -0.306 e. The third kappa shape index (κ3) is 1.77. The second-order valence-electron chi connectivity index (χ2n) is 3.97. The van der Waals surface area contributed by atoms with Crippen LogP contribution in [0.2, 0.25) is 0 Å². The lowest BCUT2D eigenvalue weighted by Crippen LogP contribution is -2.07. The largest absolute Gasteiger partial charge is 0.419 e. The Kier molecular flexibility index (Phi) is 2.40. The SMILES string of the molecule is CC(C)c1cn2cccc(C(F)(F)F)c2n1. The van der Waals surface area contributed by atoms with Crippen molar-refractivity contribution in [1.29, 1.82) is 0 Å². The standard InChI is InChI=1S/C11H11F3N2/c1-7(2)9-6-16-5-3-4-8(10(16)15-9)11(12,13)14/h3-7H,1-2H3. The highest BCUT2D eigenvalue weighted by Crippen LogP contribution is 2.32. The molecule has 0 aliphatic carbocycles. The van der Waals surface area contributed by atoms with Gasteiger partial charge in [-0.3, -0.25) is 0 Å². The fourth-order valence-electron chi connectivity index (χ4n) is 1.53. The second-order valence-corrected chi connectivity index (χ2v) is 3.97. The molecule has 0 radical (unpaired) electrons. The van der Waals surface area contributed by atoms with Gasteiger partial charge in [-0.15, -0.1) is 0 Å². The molecule has 0 bridgehead atoms. The van der Waals surface area contributed by atoms with E-state index < -0.39 is 11.7 Å². The molecule has 0 N–H and O–H groups in total. The molecule has 0 amide bonds. The van der Waals surface area contributed by atoms with Crippen molar-refractivity contribution >= 4 is 5.65 Å². The van der Waals surface area contributed by atoms with Crippen molar-refractivity contribution in [2.75, 3.05) is 0 Å². The molecule has 2 rings (SSSR count). The number of fused-ring (bicyclic) bond motifs is 1. The van der Waals surface area contributed by atoms with Crippen LogP contribution in [0.5, 0.6) is 0 Å². The maximum atomic E-state index is 12.7. The van der Waals surface area contributed by atoms with E-state index in [1.165, 1.54) is 10.5 Å². The highest BCUT2D eigenvalue weighted by atomic mass is 19.4. The van der Waals surface area contributed by atoms with Gasteiger partial charge in [-0.1, -0.05) is 13.8 Å². The Morgan fingerprint density at radius 3 is 2.56 bits per heavy atom. The monoisotopic (exact) mass is 228 g/mol. The van der Waals surface area contributed by atoms with Gasteiger partial charge in [0, 0.05) is 12.4 Å². The molecule has 0 saturated carbocycles. The summed E-state index contributed by atoms with van der Waals surface area (Å²) in [6, 6.07) is 2.42. The Morgan fingerprint density at radius 2 is 2.00 bits per heavy atom. The smallest absolute Gasteiger partial charge is 0.306 e. The third-order valence-electron chi connectivity index (χ3n) is 2.40. The molecule has 2 aromatic rings. The van der Waals surface area contributed by atoms with Crippen LogP contribution < -0.4 is 0 Å². The van der Waals surface area contributed by atoms with Crippen molar-refractivity contribution in [1.82, 2.24) is 9.38 Å². The highest BCUT2D eigenvalue weighted by molar-refractivity contribution is 5.50. The van der Waals surface area contributed by atoms with Gasteiger partial charge in [0.2, 0.25) is 0 Å². The van der Waals surface area contributed by atoms with Crippen LogP contribution in [0.3, 0.4) is 0 Å². The van der Waals surface area contributed by atoms with Crippen LogP contribution in [0.1, 0.15) is 31.0 Å². The lowest BCUT2D eigenvalue weighted by atomic mass is 10.2. The summed E-state index contributed by atoms with van der Waals surface area (Å²) in [5, 5.41) is 0. The second kappa shape index (κ2) is 3.50. The minimum absolute atomic E-state index is 0.0290. The summed E-state index contributed by atoms with van der Waals surface area (Å²) in [7, 11) is 0. The fourth-order valence-corrected chi connectivity index (χ4v) is 1.53. The van der Waals surface area contributed by atoms with Crippen LogP contribution in [0, 0.1) is 0 Å². The van der Waals surface area contributed by atoms with E-state index in [-0.39, 0.29) is 11.6 Å². The van der Waals surface area contributed by atoms with E-state index in [2.05, 4.69) is 4.98 Å². The summed E-state index contributed by atoms with van der Waals surface area (Å²) in [6.07, 6.45) is -1.15. The number of hydrogen-bond donors (Lipinski definition) is 0. The lowest BCUT2D eigenvalue weighted by Gasteiger charge is -2.06. The molecule has 0 spiro atoms. The zero-order valence-corrected chi connectivity index (χ0v) is 8.92. The number of nitrogens with zero attached hydrogens (tertiary/aromatic N) is 2. The van der Waals surface area contributed by atoms with Crippen molar-refractivity contribution < 1.29 is 13.2 Å². The maximum absolute atomic E-state index is 12.7. The van der Waals surface area contributed by atoms with Crippen LogP contribution in [-0.2, 0) is 6.18 Å². The van der Waals surface area contributed by atoms with Crippen molar-refractivity contribution in [3.63, 3.8) is 0 Å². The topological polar surface area (TPSA) is 17.3 Å². The van der Waals surface area contributed by atoms with E-state index in [0.717, 1.165) is 6.07 Å². The van der Waals surface area contributed by atoms with Crippen LogP contribution in [0.4, 0.5) is 13.2 Å². The van der Waals surface area contributed by atoms with Gasteiger partial charge in [0.25, 0.3) is 0 Å². The van der Waals surface area contributed by atoms with Gasteiger partial charge in [-0.05, 0) is 18.1 Å². The van der Waals surface area contributed by atoms with Crippen molar-refractivity contribution in [2.45, 2.75) is 25.9 Å². The van der Waals surface area contributed by atoms with Crippen molar-refractivity contribution in [3.05, 3.63) is 35.8 Å². The quantitative estimate of drug-likeness (QED) is 0.730. The lowest BCUT2D eigenvalue weighted by molar-refractivity contribution is -0.136. The van der Waals surface area contributed by atoms with Crippen molar-refractivity contribution in [2.24, 2.45) is 0 Å². The maximum Gasteiger partial charge on any atom is 0.419 e. The first-order valence-electron chi connectivity index (χ1n) is 4.94. The van der Waals surface area contributed by atoms with Gasteiger partial charge in [0.05, 0.1) is 11.3 Å². The fraction of sp³-hybridized carbons (Fsp3) is 0.364.